The molecule has 0 spiro atoms. The molecule has 0 aliphatic carbocycles. The molecule has 5 heteroatoms. The van der Waals surface area contributed by atoms with Gasteiger partial charge in [-0.15, -0.1) is 0 Å². The normalized spacial score (nSPS) is 9.40. The summed E-state index contributed by atoms with van der Waals surface area (Å²) in [6.07, 6.45) is 0. The summed E-state index contributed by atoms with van der Waals surface area (Å²) >= 11 is 3.03. The van der Waals surface area contributed by atoms with Gasteiger partial charge in [-0.3, -0.25) is 0 Å². The van der Waals surface area contributed by atoms with Crippen molar-refractivity contribution in [3.8, 4) is 11.8 Å². The van der Waals surface area contributed by atoms with E-state index in [1.54, 1.807) is 6.92 Å². The molecule has 0 aliphatic heterocycles. The van der Waals surface area contributed by atoms with Crippen molar-refractivity contribution in [3.05, 3.63) is 27.7 Å². The largest absolute Gasteiger partial charge is 0.506 e. The lowest BCUT2D eigenvalue weighted by Crippen LogP contribution is -2.05. The number of hydrogen-bond acceptors (Lipinski definition) is 4. The predicted octanol–water partition coefficient (Wildman–Crippen LogP) is 2.20. The van der Waals surface area contributed by atoms with E-state index < -0.39 is 5.97 Å². The number of phenols is 1. The summed E-state index contributed by atoms with van der Waals surface area (Å²) in [6.45, 7) is 1.91. The van der Waals surface area contributed by atoms with Gasteiger partial charge in [-0.2, -0.15) is 5.26 Å². The summed E-state index contributed by atoms with van der Waals surface area (Å²) < 4.78 is 4.94. The van der Waals surface area contributed by atoms with Crippen LogP contribution in [-0.2, 0) is 4.74 Å². The Morgan fingerprint density at radius 1 is 1.67 bits per heavy atom. The molecule has 0 saturated heterocycles. The van der Waals surface area contributed by atoms with Crippen molar-refractivity contribution >= 4 is 21.9 Å². The fourth-order valence-electron chi connectivity index (χ4n) is 1.02. The highest BCUT2D eigenvalue weighted by Crippen LogP contribution is 2.31. The number of benzene rings is 1. The van der Waals surface area contributed by atoms with Crippen LogP contribution in [0, 0.1) is 11.3 Å². The number of halogens is 1. The van der Waals surface area contributed by atoms with Gasteiger partial charge in [0, 0.05) is 0 Å². The zero-order valence-electron chi connectivity index (χ0n) is 7.95. The minimum atomic E-state index is -0.611. The smallest absolute Gasteiger partial charge is 0.341 e. The quantitative estimate of drug-likeness (QED) is 0.836. The van der Waals surface area contributed by atoms with Crippen LogP contribution in [-0.4, -0.2) is 17.7 Å². The number of phenolic OH excluding ortho intramolecular Hbond substituents is 1. The second-order valence-corrected chi connectivity index (χ2v) is 3.45. The van der Waals surface area contributed by atoms with Gasteiger partial charge in [0.25, 0.3) is 0 Å². The van der Waals surface area contributed by atoms with Crippen molar-refractivity contribution in [3.63, 3.8) is 0 Å². The minimum absolute atomic E-state index is 0.0442. The predicted molar refractivity (Wildman–Crippen MR) is 56.5 cm³/mol. The molecule has 15 heavy (non-hydrogen) atoms. The van der Waals surface area contributed by atoms with E-state index in [1.165, 1.54) is 12.1 Å². The third kappa shape index (κ3) is 2.28. The Labute approximate surface area is 95.2 Å². The molecule has 1 aromatic carbocycles. The van der Waals surface area contributed by atoms with Crippen molar-refractivity contribution in [1.82, 2.24) is 0 Å². The van der Waals surface area contributed by atoms with Crippen LogP contribution in [0.5, 0.6) is 5.75 Å². The number of esters is 1. The average Bonchev–Trinajstić information content (AvgIpc) is 2.22. The van der Waals surface area contributed by atoms with Crippen molar-refractivity contribution in [2.24, 2.45) is 0 Å². The van der Waals surface area contributed by atoms with E-state index in [0.29, 0.717) is 0 Å². The van der Waals surface area contributed by atoms with Gasteiger partial charge < -0.3 is 9.84 Å². The van der Waals surface area contributed by atoms with Crippen LogP contribution in [0.4, 0.5) is 0 Å². The maximum absolute atomic E-state index is 11.3. The molecule has 1 rings (SSSR count). The molecule has 0 saturated carbocycles. The number of rotatable bonds is 2. The van der Waals surface area contributed by atoms with E-state index in [4.69, 9.17) is 10.00 Å². The maximum Gasteiger partial charge on any atom is 0.341 e. The van der Waals surface area contributed by atoms with Gasteiger partial charge in [0.15, 0.2) is 0 Å². The number of ether oxygens (including phenoxy) is 1. The van der Waals surface area contributed by atoms with Gasteiger partial charge >= 0.3 is 5.97 Å². The first-order valence-electron chi connectivity index (χ1n) is 4.20. The average molecular weight is 270 g/mol. The molecule has 78 valence electrons. The van der Waals surface area contributed by atoms with E-state index in [9.17, 15) is 9.90 Å². The molecular weight excluding hydrogens is 262 g/mol. The highest BCUT2D eigenvalue weighted by atomic mass is 79.9. The topological polar surface area (TPSA) is 70.3 Å². The van der Waals surface area contributed by atoms with Crippen LogP contribution in [0.3, 0.4) is 0 Å². The summed E-state index contributed by atoms with van der Waals surface area (Å²) in [4.78, 5) is 11.3. The van der Waals surface area contributed by atoms with Gasteiger partial charge in [-0.1, -0.05) is 0 Å². The van der Waals surface area contributed by atoms with Crippen LogP contribution < -0.4 is 0 Å². The van der Waals surface area contributed by atoms with Gasteiger partial charge in [0.1, 0.15) is 17.4 Å². The Balaban J connectivity index is 3.19. The molecule has 0 aliphatic rings. The standard InChI is InChI=1S/C10H8BrNO3/c1-2-15-10(14)7-4-3-6(5-12)8(11)9(7)13/h3-4,13H,2H2,1H3. The minimum Gasteiger partial charge on any atom is -0.506 e. The lowest BCUT2D eigenvalue weighted by Gasteiger charge is -2.06. The molecule has 0 bridgehead atoms. The molecule has 0 radical (unpaired) electrons. The number of aromatic hydroxyl groups is 1. The Morgan fingerprint density at radius 2 is 2.33 bits per heavy atom. The molecule has 0 fully saturated rings. The van der Waals surface area contributed by atoms with E-state index in [0.717, 1.165) is 0 Å². The molecule has 0 unspecified atom stereocenters. The fraction of sp³-hybridized carbons (Fsp3) is 0.200. The first-order valence-corrected chi connectivity index (χ1v) is 4.99. The molecule has 0 amide bonds. The van der Waals surface area contributed by atoms with Crippen LogP contribution >= 0.6 is 15.9 Å². The first kappa shape index (κ1) is 11.5. The number of carbonyl (C=O) groups excluding carboxylic acids is 1. The Bertz CT molecular complexity index is 437. The second-order valence-electron chi connectivity index (χ2n) is 2.66. The maximum atomic E-state index is 11.3. The summed E-state index contributed by atoms with van der Waals surface area (Å²) in [5.41, 5.74) is 0.309. The molecule has 4 nitrogen and oxygen atoms in total. The lowest BCUT2D eigenvalue weighted by atomic mass is 10.1. The van der Waals surface area contributed by atoms with E-state index in [2.05, 4.69) is 15.9 Å². The summed E-state index contributed by atoms with van der Waals surface area (Å²) in [7, 11) is 0. The summed E-state index contributed by atoms with van der Waals surface area (Å²) in [5.74, 6) is -0.882. The summed E-state index contributed by atoms with van der Waals surface area (Å²) in [6, 6.07) is 4.67. The number of nitriles is 1. The first-order chi connectivity index (χ1) is 7.11. The number of nitrogens with zero attached hydrogens (tertiary/aromatic N) is 1. The van der Waals surface area contributed by atoms with E-state index >= 15 is 0 Å². The Hall–Kier alpha value is -1.54. The number of hydrogen-bond donors (Lipinski definition) is 1. The third-order valence-electron chi connectivity index (χ3n) is 1.73. The third-order valence-corrected chi connectivity index (χ3v) is 2.53. The van der Waals surface area contributed by atoms with E-state index in [1.807, 2.05) is 6.07 Å². The summed E-state index contributed by atoms with van der Waals surface area (Å²) in [5, 5.41) is 18.3. The molecule has 0 aromatic heterocycles. The van der Waals surface area contributed by atoms with Crippen LogP contribution in [0.1, 0.15) is 22.8 Å². The van der Waals surface area contributed by atoms with Crippen LogP contribution in [0.15, 0.2) is 16.6 Å². The van der Waals surface area contributed by atoms with Gasteiger partial charge in [-0.05, 0) is 35.0 Å². The molecule has 1 aromatic rings. The molecule has 0 atom stereocenters. The van der Waals surface area contributed by atoms with Gasteiger partial charge in [0.2, 0.25) is 0 Å². The highest BCUT2D eigenvalue weighted by molar-refractivity contribution is 9.10. The number of carbonyl (C=O) groups is 1. The molecule has 1 N–H and O–H groups in total. The Kier molecular flexibility index (Phi) is 3.69. The SMILES string of the molecule is CCOC(=O)c1ccc(C#N)c(Br)c1O. The van der Waals surface area contributed by atoms with Crippen molar-refractivity contribution in [2.75, 3.05) is 6.61 Å². The molecule has 0 heterocycles. The zero-order valence-corrected chi connectivity index (χ0v) is 9.54. The second kappa shape index (κ2) is 4.80. The van der Waals surface area contributed by atoms with Gasteiger partial charge in [-0.25, -0.2) is 4.79 Å². The highest BCUT2D eigenvalue weighted by Gasteiger charge is 2.16. The van der Waals surface area contributed by atoms with Crippen molar-refractivity contribution < 1.29 is 14.6 Å². The van der Waals surface area contributed by atoms with Crippen molar-refractivity contribution in [1.29, 1.82) is 5.26 Å². The zero-order chi connectivity index (χ0) is 11.4. The molecular formula is C10H8BrNO3. The fourth-order valence-corrected chi connectivity index (χ4v) is 1.46. The van der Waals surface area contributed by atoms with Crippen LogP contribution in [0.25, 0.3) is 0 Å². The Morgan fingerprint density at radius 3 is 2.87 bits per heavy atom. The van der Waals surface area contributed by atoms with Crippen LogP contribution in [0.2, 0.25) is 0 Å². The lowest BCUT2D eigenvalue weighted by molar-refractivity contribution is 0.0523. The van der Waals surface area contributed by atoms with E-state index in [-0.39, 0.29) is 28.0 Å². The van der Waals surface area contributed by atoms with Gasteiger partial charge in [0.05, 0.1) is 16.6 Å². The monoisotopic (exact) mass is 269 g/mol. The van der Waals surface area contributed by atoms with Crippen molar-refractivity contribution in [2.45, 2.75) is 6.92 Å².